The molecule has 0 heterocycles. The first-order valence-electron chi connectivity index (χ1n) is 13.6. The van der Waals surface area contributed by atoms with Crippen molar-refractivity contribution < 1.29 is 58.9 Å². The minimum Gasteiger partial charge on any atom is -0.478 e. The highest BCUT2D eigenvalue weighted by molar-refractivity contribution is 6.33. The number of aryl methyl sites for hydroxylation is 1. The normalized spacial score (nSPS) is 12.2. The van der Waals surface area contributed by atoms with E-state index in [1.807, 2.05) is 0 Å². The molecule has 0 atom stereocenters. The number of carboxylic acid groups (broad SMARTS) is 1. The van der Waals surface area contributed by atoms with Crippen LogP contribution in [-0.4, -0.2) is 29.2 Å². The van der Waals surface area contributed by atoms with Crippen molar-refractivity contribution in [3.8, 4) is 22.3 Å². The summed E-state index contributed by atoms with van der Waals surface area (Å²) in [5, 5.41) is 9.35. The van der Waals surface area contributed by atoms with Crippen molar-refractivity contribution in [2.24, 2.45) is 0 Å². The van der Waals surface area contributed by atoms with E-state index in [0.29, 0.717) is 39.8 Å². The zero-order chi connectivity index (χ0) is 35.8. The number of aromatic carboxylic acids is 1. The molecular formula is C33H23ClF9NO4. The second kappa shape index (κ2) is 13.4. The first-order valence-corrected chi connectivity index (χ1v) is 14.0. The van der Waals surface area contributed by atoms with Gasteiger partial charge in [-0.15, -0.1) is 0 Å². The molecule has 0 aliphatic heterocycles. The molecule has 4 aromatic rings. The van der Waals surface area contributed by atoms with E-state index in [0.717, 1.165) is 19.2 Å². The summed E-state index contributed by atoms with van der Waals surface area (Å²) in [6.45, 7) is -0.0134. The van der Waals surface area contributed by atoms with Gasteiger partial charge in [-0.25, -0.2) is 9.59 Å². The van der Waals surface area contributed by atoms with Crippen LogP contribution >= 0.6 is 11.6 Å². The molecule has 4 aromatic carbocycles. The van der Waals surface area contributed by atoms with Crippen LogP contribution in [0.25, 0.3) is 22.3 Å². The van der Waals surface area contributed by atoms with Crippen LogP contribution in [0.2, 0.25) is 5.02 Å². The number of carbonyl (C=O) groups excluding carboxylic acids is 1. The maximum absolute atomic E-state index is 13.8. The predicted octanol–water partition coefficient (Wildman–Crippen LogP) is 10.5. The summed E-state index contributed by atoms with van der Waals surface area (Å²) in [6.07, 6.45) is -16.5. The quantitative estimate of drug-likeness (QED) is 0.195. The Morgan fingerprint density at radius 3 is 1.81 bits per heavy atom. The van der Waals surface area contributed by atoms with Crippen LogP contribution in [0.3, 0.4) is 0 Å². The molecule has 0 fully saturated rings. The number of carbonyl (C=O) groups is 2. The number of hydrogen-bond donors (Lipinski definition) is 1. The van der Waals surface area contributed by atoms with Gasteiger partial charge in [0.15, 0.2) is 0 Å². The summed E-state index contributed by atoms with van der Waals surface area (Å²) in [4.78, 5) is 24.8. The van der Waals surface area contributed by atoms with Crippen LogP contribution in [0.15, 0.2) is 72.8 Å². The van der Waals surface area contributed by atoms with Crippen LogP contribution in [0.4, 0.5) is 44.3 Å². The van der Waals surface area contributed by atoms with Gasteiger partial charge in [-0.3, -0.25) is 4.90 Å². The molecule has 15 heteroatoms. The maximum Gasteiger partial charge on any atom is 0.416 e. The first-order chi connectivity index (χ1) is 22.2. The molecule has 1 N–H and O–H groups in total. The molecule has 0 aromatic heterocycles. The van der Waals surface area contributed by atoms with E-state index in [9.17, 15) is 54.2 Å². The van der Waals surface area contributed by atoms with Gasteiger partial charge in [0.05, 0.1) is 29.4 Å². The van der Waals surface area contributed by atoms with Crippen molar-refractivity contribution in [1.82, 2.24) is 4.90 Å². The third-order valence-corrected chi connectivity index (χ3v) is 7.62. The molecule has 0 radical (unpaired) electrons. The molecule has 0 saturated heterocycles. The topological polar surface area (TPSA) is 66.8 Å². The zero-order valence-corrected chi connectivity index (χ0v) is 25.5. The molecule has 0 spiro atoms. The lowest BCUT2D eigenvalue weighted by atomic mass is 9.92. The SMILES string of the molecule is COC(=O)N(Cc1cc(C(F)(F)F)cc(C(F)(F)F)c1)Cc1cc(C(F)(F)F)ccc1-c1cc(-c2ccc(C(=O)O)cc2C)ccc1Cl. The molecule has 0 aliphatic rings. The van der Waals surface area contributed by atoms with E-state index in [-0.39, 0.29) is 33.3 Å². The van der Waals surface area contributed by atoms with Gasteiger partial charge in [-0.1, -0.05) is 29.8 Å². The van der Waals surface area contributed by atoms with E-state index in [4.69, 9.17) is 11.6 Å². The Kier molecular flexibility index (Phi) is 10.1. The molecule has 48 heavy (non-hydrogen) atoms. The molecule has 0 saturated carbocycles. The van der Waals surface area contributed by atoms with Gasteiger partial charge in [0.1, 0.15) is 0 Å². The van der Waals surface area contributed by atoms with Gasteiger partial charge < -0.3 is 9.84 Å². The minimum absolute atomic E-state index is 0.0153. The van der Waals surface area contributed by atoms with Crippen molar-refractivity contribution in [3.05, 3.63) is 117 Å². The van der Waals surface area contributed by atoms with Gasteiger partial charge in [0, 0.05) is 23.7 Å². The van der Waals surface area contributed by atoms with Crippen molar-refractivity contribution in [2.75, 3.05) is 7.11 Å². The van der Waals surface area contributed by atoms with Crippen LogP contribution < -0.4 is 0 Å². The Hall–Kier alpha value is -4.72. The highest BCUT2D eigenvalue weighted by Gasteiger charge is 2.37. The predicted molar refractivity (Wildman–Crippen MR) is 157 cm³/mol. The van der Waals surface area contributed by atoms with Crippen LogP contribution in [-0.2, 0) is 36.4 Å². The number of rotatable bonds is 7. The molecule has 0 aliphatic carbocycles. The fourth-order valence-electron chi connectivity index (χ4n) is 5.03. The Bertz CT molecular complexity index is 1840. The molecule has 4 rings (SSSR count). The Morgan fingerprint density at radius 2 is 1.29 bits per heavy atom. The third-order valence-electron chi connectivity index (χ3n) is 7.29. The minimum atomic E-state index is -5.19. The lowest BCUT2D eigenvalue weighted by Crippen LogP contribution is -2.30. The molecule has 0 unspecified atom stereocenters. The van der Waals surface area contributed by atoms with Crippen molar-refractivity contribution in [2.45, 2.75) is 38.5 Å². The lowest BCUT2D eigenvalue weighted by molar-refractivity contribution is -0.143. The van der Waals surface area contributed by atoms with E-state index in [1.54, 1.807) is 13.0 Å². The third kappa shape index (κ3) is 8.22. The molecule has 1 amide bonds. The highest BCUT2D eigenvalue weighted by Crippen LogP contribution is 2.40. The van der Waals surface area contributed by atoms with Gasteiger partial charge in [-0.2, -0.15) is 39.5 Å². The summed E-state index contributed by atoms with van der Waals surface area (Å²) in [7, 11) is 0.883. The molecule has 5 nitrogen and oxygen atoms in total. The van der Waals surface area contributed by atoms with Gasteiger partial charge in [0.25, 0.3) is 0 Å². The number of ether oxygens (including phenoxy) is 1. The zero-order valence-electron chi connectivity index (χ0n) is 24.7. The van der Waals surface area contributed by atoms with E-state index in [2.05, 4.69) is 4.74 Å². The smallest absolute Gasteiger partial charge is 0.416 e. The highest BCUT2D eigenvalue weighted by atomic mass is 35.5. The average Bonchev–Trinajstić information content (AvgIpc) is 2.99. The van der Waals surface area contributed by atoms with Crippen LogP contribution in [0, 0.1) is 6.92 Å². The lowest BCUT2D eigenvalue weighted by Gasteiger charge is -2.25. The van der Waals surface area contributed by atoms with E-state index >= 15 is 0 Å². The van der Waals surface area contributed by atoms with Gasteiger partial charge in [0.2, 0.25) is 0 Å². The molecular weight excluding hydrogens is 681 g/mol. The van der Waals surface area contributed by atoms with Crippen LogP contribution in [0.1, 0.15) is 43.7 Å². The monoisotopic (exact) mass is 703 g/mol. The molecule has 0 bridgehead atoms. The van der Waals surface area contributed by atoms with Gasteiger partial charge in [-0.05, 0) is 94.9 Å². The Balaban J connectivity index is 1.86. The Morgan fingerprint density at radius 1 is 0.708 bits per heavy atom. The standard InChI is InChI=1S/C33H23ClF9NO4/c1-17-9-20(29(45)46)3-6-25(17)19-4-8-28(34)27(13-19)26-7-5-22(31(35,36)37)12-21(26)16-44(30(47)48-2)15-18-10-23(32(38,39)40)14-24(11-18)33(41,42)43/h3-14H,15-16H2,1-2H3,(H,45,46). The van der Waals surface area contributed by atoms with Gasteiger partial charge >= 0.3 is 30.6 Å². The fraction of sp³-hybridized carbons (Fsp3) is 0.212. The number of amides is 1. The maximum atomic E-state index is 13.8. The number of methoxy groups -OCH3 is 1. The molecule has 254 valence electrons. The summed E-state index contributed by atoms with van der Waals surface area (Å²) in [5.41, 5.74) is -3.43. The number of alkyl halides is 9. The first kappa shape index (κ1) is 36.1. The largest absolute Gasteiger partial charge is 0.478 e. The summed E-state index contributed by atoms with van der Waals surface area (Å²) < 4.78 is 127. The van der Waals surface area contributed by atoms with E-state index in [1.165, 1.54) is 30.3 Å². The number of hydrogen-bond acceptors (Lipinski definition) is 3. The van der Waals surface area contributed by atoms with Crippen molar-refractivity contribution >= 4 is 23.7 Å². The van der Waals surface area contributed by atoms with Crippen molar-refractivity contribution in [3.63, 3.8) is 0 Å². The number of nitrogens with zero attached hydrogens (tertiary/aromatic N) is 1. The summed E-state index contributed by atoms with van der Waals surface area (Å²) in [6, 6.07) is 12.1. The fourth-order valence-corrected chi connectivity index (χ4v) is 5.25. The Labute approximate surface area is 272 Å². The van der Waals surface area contributed by atoms with E-state index < -0.39 is 65.9 Å². The summed E-state index contributed by atoms with van der Waals surface area (Å²) in [5.74, 6) is -1.16. The second-order valence-corrected chi connectivity index (χ2v) is 11.0. The summed E-state index contributed by atoms with van der Waals surface area (Å²) >= 11 is 6.48. The van der Waals surface area contributed by atoms with Crippen molar-refractivity contribution in [1.29, 1.82) is 0 Å². The average molecular weight is 704 g/mol. The van der Waals surface area contributed by atoms with Crippen LogP contribution in [0.5, 0.6) is 0 Å². The number of halogens is 10. The number of benzene rings is 4. The second-order valence-electron chi connectivity index (χ2n) is 10.6. The number of carboxylic acids is 1.